The molecule has 0 bridgehead atoms. The highest BCUT2D eigenvalue weighted by Crippen LogP contribution is 2.35. The minimum atomic E-state index is -0.238. The number of imidazole rings is 1. The summed E-state index contributed by atoms with van der Waals surface area (Å²) >= 11 is 0. The number of likely N-dealkylation sites (tertiary alicyclic amines) is 1. The second kappa shape index (κ2) is 9.90. The lowest BCUT2D eigenvalue weighted by molar-refractivity contribution is -0.146. The molecule has 1 saturated heterocycles. The van der Waals surface area contributed by atoms with Crippen molar-refractivity contribution < 1.29 is 19.1 Å². The Balaban J connectivity index is 1.48. The Bertz CT molecular complexity index is 1240. The number of fused-ring (bicyclic) bond motifs is 1. The van der Waals surface area contributed by atoms with E-state index in [0.717, 1.165) is 18.4 Å². The Morgan fingerprint density at radius 3 is 2.40 bits per heavy atom. The molecule has 0 radical (unpaired) electrons. The summed E-state index contributed by atoms with van der Waals surface area (Å²) in [6, 6.07) is 12.9. The first-order chi connectivity index (χ1) is 17.0. The van der Waals surface area contributed by atoms with Gasteiger partial charge in [0.15, 0.2) is 0 Å². The summed E-state index contributed by atoms with van der Waals surface area (Å²) < 4.78 is 7.02. The number of hydrogen-bond donors (Lipinski definition) is 1. The summed E-state index contributed by atoms with van der Waals surface area (Å²) in [6.45, 7) is 0.969. The fourth-order valence-corrected chi connectivity index (χ4v) is 5.31. The van der Waals surface area contributed by atoms with Crippen molar-refractivity contribution in [3.63, 3.8) is 0 Å². The predicted octanol–water partition coefficient (Wildman–Crippen LogP) is 4.43. The molecule has 2 heterocycles. The molecule has 2 aromatic carbocycles. The molecule has 1 aromatic heterocycles. The number of benzene rings is 2. The number of anilines is 1. The first-order valence-electron chi connectivity index (χ1n) is 12.3. The second-order valence-corrected chi connectivity index (χ2v) is 9.39. The molecule has 2 aliphatic rings. The molecule has 0 unspecified atom stereocenters. The summed E-state index contributed by atoms with van der Waals surface area (Å²) in [5.74, 6) is -0.736. The number of methoxy groups -OCH3 is 1. The summed E-state index contributed by atoms with van der Waals surface area (Å²) in [4.78, 5) is 44.9. The van der Waals surface area contributed by atoms with Crippen LogP contribution in [0, 0.1) is 5.92 Å². The van der Waals surface area contributed by atoms with Gasteiger partial charge in [-0.2, -0.15) is 0 Å². The van der Waals surface area contributed by atoms with Crippen molar-refractivity contribution in [1.29, 1.82) is 0 Å². The van der Waals surface area contributed by atoms with Crippen LogP contribution in [0.4, 0.5) is 5.69 Å². The van der Waals surface area contributed by atoms with E-state index < -0.39 is 0 Å². The number of rotatable bonds is 5. The third-order valence-electron chi connectivity index (χ3n) is 7.23. The van der Waals surface area contributed by atoms with Crippen LogP contribution >= 0.6 is 0 Å². The molecule has 2 fully saturated rings. The van der Waals surface area contributed by atoms with Crippen LogP contribution in [0.1, 0.15) is 65.3 Å². The molecule has 1 N–H and O–H groups in total. The zero-order valence-electron chi connectivity index (χ0n) is 19.9. The Morgan fingerprint density at radius 2 is 1.71 bits per heavy atom. The number of nitrogens with one attached hydrogen (secondary N) is 1. The molecular formula is C27H30N4O4. The van der Waals surface area contributed by atoms with Gasteiger partial charge in [0.25, 0.3) is 11.8 Å². The van der Waals surface area contributed by atoms with E-state index in [1.165, 1.54) is 20.0 Å². The largest absolute Gasteiger partial charge is 0.469 e. The normalized spacial score (nSPS) is 17.0. The molecule has 1 aliphatic carbocycles. The lowest BCUT2D eigenvalue weighted by Crippen LogP contribution is -2.40. The number of amides is 2. The Kier molecular flexibility index (Phi) is 6.53. The quantitative estimate of drug-likeness (QED) is 0.552. The topological polar surface area (TPSA) is 93.5 Å². The van der Waals surface area contributed by atoms with E-state index in [1.54, 1.807) is 23.1 Å². The van der Waals surface area contributed by atoms with Crippen molar-refractivity contribution in [2.45, 2.75) is 44.6 Å². The molecule has 0 atom stereocenters. The predicted molar refractivity (Wildman–Crippen MR) is 132 cm³/mol. The van der Waals surface area contributed by atoms with Crippen LogP contribution in [-0.2, 0) is 9.53 Å². The minimum Gasteiger partial charge on any atom is -0.469 e. The third kappa shape index (κ3) is 4.65. The number of nitrogens with zero attached hydrogens (tertiary/aromatic N) is 3. The van der Waals surface area contributed by atoms with Crippen molar-refractivity contribution >= 4 is 34.5 Å². The van der Waals surface area contributed by atoms with E-state index in [0.29, 0.717) is 54.3 Å². The van der Waals surface area contributed by atoms with Crippen LogP contribution in [-0.4, -0.2) is 52.4 Å². The van der Waals surface area contributed by atoms with Crippen molar-refractivity contribution in [3.8, 4) is 0 Å². The number of aromatic nitrogens is 2. The molecule has 1 aliphatic heterocycles. The SMILES string of the molecule is COC(=O)C1CCN(C(=O)c2cc(NC(=O)c3ccccc3)cc3ncn(C4CCCC4)c23)CC1. The van der Waals surface area contributed by atoms with Gasteiger partial charge in [0.2, 0.25) is 0 Å². The molecule has 1 saturated carbocycles. The molecule has 0 spiro atoms. The van der Waals surface area contributed by atoms with Crippen LogP contribution in [0.5, 0.6) is 0 Å². The molecule has 182 valence electrons. The first-order valence-corrected chi connectivity index (χ1v) is 12.3. The van der Waals surface area contributed by atoms with Gasteiger partial charge in [-0.05, 0) is 49.9 Å². The fraction of sp³-hybridized carbons (Fsp3) is 0.407. The molecule has 5 rings (SSSR count). The zero-order chi connectivity index (χ0) is 24.4. The molecular weight excluding hydrogens is 444 g/mol. The van der Waals surface area contributed by atoms with E-state index >= 15 is 0 Å². The highest BCUT2D eigenvalue weighted by atomic mass is 16.5. The van der Waals surface area contributed by atoms with E-state index in [-0.39, 0.29) is 23.7 Å². The van der Waals surface area contributed by atoms with Gasteiger partial charge in [-0.1, -0.05) is 31.0 Å². The van der Waals surface area contributed by atoms with Gasteiger partial charge in [0.05, 0.1) is 36.0 Å². The number of ether oxygens (including phenoxy) is 1. The van der Waals surface area contributed by atoms with Crippen molar-refractivity contribution in [1.82, 2.24) is 14.5 Å². The van der Waals surface area contributed by atoms with Gasteiger partial charge in [0.1, 0.15) is 0 Å². The lowest BCUT2D eigenvalue weighted by Gasteiger charge is -2.31. The monoisotopic (exact) mass is 474 g/mol. The maximum atomic E-state index is 13.8. The summed E-state index contributed by atoms with van der Waals surface area (Å²) in [5.41, 5.74) is 3.12. The number of piperidine rings is 1. The van der Waals surface area contributed by atoms with Gasteiger partial charge in [-0.15, -0.1) is 0 Å². The molecule has 2 amide bonds. The third-order valence-corrected chi connectivity index (χ3v) is 7.23. The molecule has 8 heteroatoms. The lowest BCUT2D eigenvalue weighted by atomic mass is 9.96. The van der Waals surface area contributed by atoms with E-state index in [2.05, 4.69) is 14.9 Å². The summed E-state index contributed by atoms with van der Waals surface area (Å²) in [6.07, 6.45) is 7.44. The van der Waals surface area contributed by atoms with Gasteiger partial charge in [-0.3, -0.25) is 14.4 Å². The Hall–Kier alpha value is -3.68. The van der Waals surface area contributed by atoms with Crippen LogP contribution in [0.3, 0.4) is 0 Å². The summed E-state index contributed by atoms with van der Waals surface area (Å²) in [7, 11) is 1.40. The average Bonchev–Trinajstić information content (AvgIpc) is 3.58. The zero-order valence-corrected chi connectivity index (χ0v) is 19.9. The van der Waals surface area contributed by atoms with Crippen LogP contribution in [0.25, 0.3) is 11.0 Å². The molecule has 8 nitrogen and oxygen atoms in total. The van der Waals surface area contributed by atoms with Crippen molar-refractivity contribution in [2.75, 3.05) is 25.5 Å². The molecule has 35 heavy (non-hydrogen) atoms. The fourth-order valence-electron chi connectivity index (χ4n) is 5.31. The second-order valence-electron chi connectivity index (χ2n) is 9.39. The number of carbonyl (C=O) groups excluding carboxylic acids is 3. The maximum Gasteiger partial charge on any atom is 0.308 e. The standard InChI is InChI=1S/C27H30N4O4/c1-35-27(34)19-11-13-30(14-12-19)26(33)22-15-20(29-25(32)18-7-3-2-4-8-18)16-23-24(22)31(17-28-23)21-9-5-6-10-21/h2-4,7-8,15-17,19,21H,5-6,9-14H2,1H3,(H,29,32). The van der Waals surface area contributed by atoms with Crippen molar-refractivity contribution in [3.05, 3.63) is 59.9 Å². The van der Waals surface area contributed by atoms with Crippen LogP contribution < -0.4 is 5.32 Å². The maximum absolute atomic E-state index is 13.8. The average molecular weight is 475 g/mol. The minimum absolute atomic E-state index is 0.103. The first kappa shape index (κ1) is 23.1. The van der Waals surface area contributed by atoms with Gasteiger partial charge in [0, 0.05) is 30.4 Å². The smallest absolute Gasteiger partial charge is 0.308 e. The Morgan fingerprint density at radius 1 is 1.00 bits per heavy atom. The van der Waals surface area contributed by atoms with Crippen LogP contribution in [0.15, 0.2) is 48.8 Å². The number of hydrogen-bond acceptors (Lipinski definition) is 5. The highest BCUT2D eigenvalue weighted by molar-refractivity contribution is 6.09. The Labute approximate surface area is 204 Å². The van der Waals surface area contributed by atoms with Crippen LogP contribution in [0.2, 0.25) is 0 Å². The molecule has 3 aromatic rings. The van der Waals surface area contributed by atoms with E-state index in [4.69, 9.17) is 4.74 Å². The number of esters is 1. The van der Waals surface area contributed by atoms with E-state index in [9.17, 15) is 14.4 Å². The van der Waals surface area contributed by atoms with Gasteiger partial charge < -0.3 is 19.5 Å². The van der Waals surface area contributed by atoms with E-state index in [1.807, 2.05) is 30.6 Å². The van der Waals surface area contributed by atoms with Crippen molar-refractivity contribution in [2.24, 2.45) is 5.92 Å². The van der Waals surface area contributed by atoms with Gasteiger partial charge >= 0.3 is 5.97 Å². The number of carbonyl (C=O) groups is 3. The summed E-state index contributed by atoms with van der Waals surface area (Å²) in [5, 5.41) is 2.94. The van der Waals surface area contributed by atoms with Gasteiger partial charge in [-0.25, -0.2) is 4.98 Å². The highest BCUT2D eigenvalue weighted by Gasteiger charge is 2.31.